The number of anilines is 2. The number of hydrogen-bond acceptors (Lipinski definition) is 3. The Hall–Kier alpha value is -2.81. The molecule has 3 nitrogen and oxygen atoms in total. The van der Waals surface area contributed by atoms with Crippen LogP contribution in [0.3, 0.4) is 0 Å². The summed E-state index contributed by atoms with van der Waals surface area (Å²) in [6.07, 6.45) is 7.05. The third-order valence-electron chi connectivity index (χ3n) is 4.94. The highest BCUT2D eigenvalue weighted by atomic mass is 16.5. The molecule has 0 spiro atoms. The van der Waals surface area contributed by atoms with Crippen molar-refractivity contribution in [1.82, 2.24) is 0 Å². The Morgan fingerprint density at radius 1 is 0.786 bits per heavy atom. The monoisotopic (exact) mass is 375 g/mol. The first-order chi connectivity index (χ1) is 13.8. The number of nitrogens with one attached hydrogen (secondary N) is 1. The zero-order chi connectivity index (χ0) is 19.6. The summed E-state index contributed by atoms with van der Waals surface area (Å²) in [5.41, 5.74) is 2.32. The molecule has 3 heteroatoms. The standard InChI is InChI=1S/C25H29NO2/c1-2-3-4-5-6-11-19-28-25(27)22-16-9-10-17-24(22)26-23-18-12-14-20-13-7-8-15-21(20)23/h7-10,12-18,26H,2-6,11,19H2,1H3. The molecule has 0 aromatic heterocycles. The fourth-order valence-electron chi connectivity index (χ4n) is 3.37. The van der Waals surface area contributed by atoms with Crippen LogP contribution in [0.5, 0.6) is 0 Å². The van der Waals surface area contributed by atoms with E-state index in [9.17, 15) is 4.79 Å². The van der Waals surface area contributed by atoms with E-state index in [1.54, 1.807) is 0 Å². The highest BCUT2D eigenvalue weighted by Gasteiger charge is 2.13. The summed E-state index contributed by atoms with van der Waals surface area (Å²) in [6.45, 7) is 2.69. The summed E-state index contributed by atoms with van der Waals surface area (Å²) in [5.74, 6) is -0.267. The summed E-state index contributed by atoms with van der Waals surface area (Å²) >= 11 is 0. The van der Waals surface area contributed by atoms with Gasteiger partial charge in [0, 0.05) is 11.1 Å². The molecule has 3 aromatic rings. The second-order valence-electron chi connectivity index (χ2n) is 7.10. The second kappa shape index (κ2) is 10.5. The summed E-state index contributed by atoms with van der Waals surface area (Å²) in [5, 5.41) is 5.71. The average Bonchev–Trinajstić information content (AvgIpc) is 2.73. The van der Waals surface area contributed by atoms with Crippen molar-refractivity contribution in [2.24, 2.45) is 0 Å². The van der Waals surface area contributed by atoms with Gasteiger partial charge in [0.15, 0.2) is 0 Å². The lowest BCUT2D eigenvalue weighted by molar-refractivity contribution is 0.0499. The van der Waals surface area contributed by atoms with Gasteiger partial charge in [0.05, 0.1) is 17.9 Å². The van der Waals surface area contributed by atoms with Crippen LogP contribution in [-0.2, 0) is 4.74 Å². The van der Waals surface area contributed by atoms with Crippen LogP contribution in [0.2, 0.25) is 0 Å². The van der Waals surface area contributed by atoms with Crippen LogP contribution in [0, 0.1) is 0 Å². The first-order valence-electron chi connectivity index (χ1n) is 10.3. The van der Waals surface area contributed by atoms with Crippen molar-refractivity contribution < 1.29 is 9.53 Å². The minimum Gasteiger partial charge on any atom is -0.462 e. The van der Waals surface area contributed by atoms with Crippen molar-refractivity contribution in [1.29, 1.82) is 0 Å². The van der Waals surface area contributed by atoms with E-state index in [-0.39, 0.29) is 5.97 Å². The van der Waals surface area contributed by atoms with Crippen LogP contribution in [0.15, 0.2) is 66.7 Å². The Morgan fingerprint density at radius 2 is 1.46 bits per heavy atom. The number of carbonyl (C=O) groups is 1. The van der Waals surface area contributed by atoms with Crippen LogP contribution in [-0.4, -0.2) is 12.6 Å². The third kappa shape index (κ3) is 5.35. The molecule has 0 aliphatic heterocycles. The minimum atomic E-state index is -0.267. The van der Waals surface area contributed by atoms with Crippen molar-refractivity contribution in [2.75, 3.05) is 11.9 Å². The first kappa shape index (κ1) is 19.9. The quantitative estimate of drug-likeness (QED) is 0.303. The van der Waals surface area contributed by atoms with Gasteiger partial charge in [-0.25, -0.2) is 4.79 Å². The van der Waals surface area contributed by atoms with Crippen LogP contribution in [0.4, 0.5) is 11.4 Å². The molecular weight excluding hydrogens is 346 g/mol. The molecule has 0 radical (unpaired) electrons. The van der Waals surface area contributed by atoms with Gasteiger partial charge in [-0.05, 0) is 30.0 Å². The van der Waals surface area contributed by atoms with E-state index in [1.807, 2.05) is 48.5 Å². The first-order valence-corrected chi connectivity index (χ1v) is 10.3. The molecule has 0 saturated carbocycles. The minimum absolute atomic E-state index is 0.267. The van der Waals surface area contributed by atoms with Crippen molar-refractivity contribution in [2.45, 2.75) is 45.4 Å². The molecule has 0 unspecified atom stereocenters. The summed E-state index contributed by atoms with van der Waals surface area (Å²) < 4.78 is 5.52. The Kier molecular flexibility index (Phi) is 7.48. The fourth-order valence-corrected chi connectivity index (χ4v) is 3.37. The summed E-state index contributed by atoms with van der Waals surface area (Å²) in [4.78, 5) is 12.6. The number of hydrogen-bond donors (Lipinski definition) is 1. The van der Waals surface area contributed by atoms with Crippen molar-refractivity contribution >= 4 is 28.1 Å². The maximum absolute atomic E-state index is 12.6. The van der Waals surface area contributed by atoms with E-state index < -0.39 is 0 Å². The molecule has 0 atom stereocenters. The van der Waals surface area contributed by atoms with Gasteiger partial charge in [-0.1, -0.05) is 87.6 Å². The van der Waals surface area contributed by atoms with Gasteiger partial charge in [0.2, 0.25) is 0 Å². The van der Waals surface area contributed by atoms with Gasteiger partial charge in [-0.2, -0.15) is 0 Å². The number of para-hydroxylation sites is 1. The number of unbranched alkanes of at least 4 members (excludes halogenated alkanes) is 5. The van der Waals surface area contributed by atoms with Gasteiger partial charge < -0.3 is 10.1 Å². The van der Waals surface area contributed by atoms with E-state index in [0.29, 0.717) is 12.2 Å². The molecule has 0 amide bonds. The number of benzene rings is 3. The topological polar surface area (TPSA) is 38.3 Å². The highest BCUT2D eigenvalue weighted by molar-refractivity contribution is 6.00. The van der Waals surface area contributed by atoms with E-state index >= 15 is 0 Å². The zero-order valence-corrected chi connectivity index (χ0v) is 16.6. The lowest BCUT2D eigenvalue weighted by Crippen LogP contribution is -2.09. The number of rotatable bonds is 10. The molecule has 3 aromatic carbocycles. The molecule has 0 heterocycles. The van der Waals surface area contributed by atoms with Crippen LogP contribution < -0.4 is 5.32 Å². The molecule has 0 saturated heterocycles. The maximum atomic E-state index is 12.6. The number of esters is 1. The van der Waals surface area contributed by atoms with Gasteiger partial charge in [0.1, 0.15) is 0 Å². The number of ether oxygens (including phenoxy) is 1. The number of carbonyl (C=O) groups excluding carboxylic acids is 1. The predicted molar refractivity (Wildman–Crippen MR) is 117 cm³/mol. The Labute approximate surface area is 167 Å². The zero-order valence-electron chi connectivity index (χ0n) is 16.6. The van der Waals surface area contributed by atoms with E-state index in [1.165, 1.54) is 25.7 Å². The van der Waals surface area contributed by atoms with Gasteiger partial charge in [0.25, 0.3) is 0 Å². The molecule has 1 N–H and O–H groups in total. The lowest BCUT2D eigenvalue weighted by atomic mass is 10.1. The van der Waals surface area contributed by atoms with Gasteiger partial charge in [-0.3, -0.25) is 0 Å². The molecule has 3 rings (SSSR count). The molecular formula is C25H29NO2. The Morgan fingerprint density at radius 3 is 2.36 bits per heavy atom. The SMILES string of the molecule is CCCCCCCCOC(=O)c1ccccc1Nc1cccc2ccccc12. The van der Waals surface area contributed by atoms with E-state index in [0.717, 1.165) is 35.0 Å². The molecule has 0 aliphatic rings. The van der Waals surface area contributed by atoms with Gasteiger partial charge in [-0.15, -0.1) is 0 Å². The molecule has 146 valence electrons. The normalized spacial score (nSPS) is 10.8. The maximum Gasteiger partial charge on any atom is 0.340 e. The molecule has 0 fully saturated rings. The third-order valence-corrected chi connectivity index (χ3v) is 4.94. The highest BCUT2D eigenvalue weighted by Crippen LogP contribution is 2.28. The van der Waals surface area contributed by atoms with Crippen LogP contribution >= 0.6 is 0 Å². The predicted octanol–water partition coefficient (Wildman–Crippen LogP) is 7.10. The van der Waals surface area contributed by atoms with Gasteiger partial charge >= 0.3 is 5.97 Å². The summed E-state index contributed by atoms with van der Waals surface area (Å²) in [7, 11) is 0. The van der Waals surface area contributed by atoms with Crippen molar-refractivity contribution in [3.05, 3.63) is 72.3 Å². The molecule has 0 aliphatic carbocycles. The fraction of sp³-hybridized carbons (Fsp3) is 0.320. The van der Waals surface area contributed by atoms with Crippen molar-refractivity contribution in [3.8, 4) is 0 Å². The smallest absolute Gasteiger partial charge is 0.340 e. The Bertz CT molecular complexity index is 898. The lowest BCUT2D eigenvalue weighted by Gasteiger charge is -2.13. The number of fused-ring (bicyclic) bond motifs is 1. The second-order valence-corrected chi connectivity index (χ2v) is 7.10. The Balaban J connectivity index is 1.63. The molecule has 28 heavy (non-hydrogen) atoms. The molecule has 0 bridgehead atoms. The van der Waals surface area contributed by atoms with Crippen LogP contribution in [0.25, 0.3) is 10.8 Å². The average molecular weight is 376 g/mol. The largest absolute Gasteiger partial charge is 0.462 e. The summed E-state index contributed by atoms with van der Waals surface area (Å²) in [6, 6.07) is 21.9. The van der Waals surface area contributed by atoms with Crippen LogP contribution in [0.1, 0.15) is 55.8 Å². The van der Waals surface area contributed by atoms with E-state index in [2.05, 4.69) is 30.4 Å². The van der Waals surface area contributed by atoms with Crippen molar-refractivity contribution in [3.63, 3.8) is 0 Å². The van der Waals surface area contributed by atoms with E-state index in [4.69, 9.17) is 4.74 Å².